The van der Waals surface area contributed by atoms with Crippen molar-refractivity contribution < 1.29 is 9.47 Å². The number of fused-ring (bicyclic) bond motifs is 1. The third kappa shape index (κ3) is 3.36. The largest absolute Gasteiger partial charge is 0.486 e. The molecule has 2 rings (SSSR count). The molecule has 0 atom stereocenters. The number of ether oxygens (including phenoxy) is 2. The molecular formula is C13H18BrNO2. The summed E-state index contributed by atoms with van der Waals surface area (Å²) in [5.74, 6) is 1.73. The summed E-state index contributed by atoms with van der Waals surface area (Å²) in [4.78, 5) is 0. The average Bonchev–Trinajstić information content (AvgIpc) is 2.35. The van der Waals surface area contributed by atoms with E-state index in [4.69, 9.17) is 9.47 Å². The molecule has 0 aromatic heterocycles. The Kier molecular flexibility index (Phi) is 4.68. The fraction of sp³-hybridized carbons (Fsp3) is 0.538. The summed E-state index contributed by atoms with van der Waals surface area (Å²) in [5.41, 5.74) is 1.30. The second kappa shape index (κ2) is 6.26. The quantitative estimate of drug-likeness (QED) is 0.848. The van der Waals surface area contributed by atoms with Crippen molar-refractivity contribution in [2.24, 2.45) is 0 Å². The van der Waals surface area contributed by atoms with Crippen LogP contribution in [0.5, 0.6) is 11.5 Å². The van der Waals surface area contributed by atoms with E-state index in [0.29, 0.717) is 13.2 Å². The second-order valence-electron chi connectivity index (χ2n) is 4.15. The number of benzene rings is 1. The van der Waals surface area contributed by atoms with Gasteiger partial charge in [-0.1, -0.05) is 15.9 Å². The van der Waals surface area contributed by atoms with Crippen LogP contribution < -0.4 is 14.8 Å². The zero-order valence-corrected chi connectivity index (χ0v) is 11.7. The monoisotopic (exact) mass is 299 g/mol. The lowest BCUT2D eigenvalue weighted by molar-refractivity contribution is 0.171. The molecule has 1 aliphatic heterocycles. The van der Waals surface area contributed by atoms with Gasteiger partial charge in [0.1, 0.15) is 13.2 Å². The highest BCUT2D eigenvalue weighted by Crippen LogP contribution is 2.35. The molecule has 0 saturated heterocycles. The number of hydrogen-bond acceptors (Lipinski definition) is 3. The highest BCUT2D eigenvalue weighted by atomic mass is 79.9. The summed E-state index contributed by atoms with van der Waals surface area (Å²) >= 11 is 3.59. The van der Waals surface area contributed by atoms with Crippen LogP contribution >= 0.6 is 15.9 Å². The van der Waals surface area contributed by atoms with Gasteiger partial charge in [-0.25, -0.2) is 0 Å². The van der Waals surface area contributed by atoms with Crippen LogP contribution in [0, 0.1) is 0 Å². The van der Waals surface area contributed by atoms with Gasteiger partial charge in [0.15, 0.2) is 11.5 Å². The minimum absolute atomic E-state index is 0.640. The van der Waals surface area contributed by atoms with E-state index in [2.05, 4.69) is 27.3 Å². The molecule has 0 aliphatic carbocycles. The van der Waals surface area contributed by atoms with E-state index in [0.717, 1.165) is 28.9 Å². The topological polar surface area (TPSA) is 30.5 Å². The van der Waals surface area contributed by atoms with Crippen LogP contribution in [0.4, 0.5) is 0 Å². The fourth-order valence-corrected chi connectivity index (χ4v) is 2.44. The molecule has 1 aromatic rings. The molecule has 3 nitrogen and oxygen atoms in total. The van der Waals surface area contributed by atoms with Gasteiger partial charge in [0, 0.05) is 4.47 Å². The third-order valence-corrected chi connectivity index (χ3v) is 3.57. The van der Waals surface area contributed by atoms with Crippen LogP contribution in [0.1, 0.15) is 18.4 Å². The first kappa shape index (κ1) is 12.7. The first-order chi connectivity index (χ1) is 8.31. The van der Waals surface area contributed by atoms with Crippen LogP contribution in [-0.4, -0.2) is 26.8 Å². The maximum absolute atomic E-state index is 5.59. The van der Waals surface area contributed by atoms with Gasteiger partial charge in [0.2, 0.25) is 0 Å². The van der Waals surface area contributed by atoms with Crippen molar-refractivity contribution in [2.45, 2.75) is 19.3 Å². The summed E-state index contributed by atoms with van der Waals surface area (Å²) in [5, 5.41) is 3.16. The Labute approximate surface area is 111 Å². The minimum Gasteiger partial charge on any atom is -0.486 e. The summed E-state index contributed by atoms with van der Waals surface area (Å²) in [6.07, 6.45) is 3.44. The van der Waals surface area contributed by atoms with Crippen LogP contribution in [0.15, 0.2) is 16.6 Å². The van der Waals surface area contributed by atoms with E-state index in [1.807, 2.05) is 13.1 Å². The first-order valence-electron chi connectivity index (χ1n) is 6.04. The van der Waals surface area contributed by atoms with E-state index in [9.17, 15) is 0 Å². The van der Waals surface area contributed by atoms with Gasteiger partial charge < -0.3 is 14.8 Å². The van der Waals surface area contributed by atoms with Gasteiger partial charge >= 0.3 is 0 Å². The molecule has 1 heterocycles. The normalized spacial score (nSPS) is 13.8. The van der Waals surface area contributed by atoms with E-state index < -0.39 is 0 Å². The molecule has 17 heavy (non-hydrogen) atoms. The number of hydrogen-bond donors (Lipinski definition) is 1. The average molecular weight is 300 g/mol. The van der Waals surface area contributed by atoms with Gasteiger partial charge in [-0.15, -0.1) is 0 Å². The fourth-order valence-electron chi connectivity index (χ4n) is 1.91. The van der Waals surface area contributed by atoms with Crippen LogP contribution in [-0.2, 0) is 6.42 Å². The predicted molar refractivity (Wildman–Crippen MR) is 72.0 cm³/mol. The Morgan fingerprint density at radius 1 is 1.18 bits per heavy atom. The summed E-state index contributed by atoms with van der Waals surface area (Å²) in [6, 6.07) is 4.11. The lowest BCUT2D eigenvalue weighted by Crippen LogP contribution is -2.15. The van der Waals surface area contributed by atoms with E-state index in [1.165, 1.54) is 18.4 Å². The van der Waals surface area contributed by atoms with Crippen LogP contribution in [0.3, 0.4) is 0 Å². The van der Waals surface area contributed by atoms with Gasteiger partial charge in [-0.05, 0) is 50.6 Å². The second-order valence-corrected chi connectivity index (χ2v) is 5.00. The molecule has 0 spiro atoms. The molecule has 0 radical (unpaired) electrons. The Morgan fingerprint density at radius 3 is 2.59 bits per heavy atom. The smallest absolute Gasteiger partial charge is 0.162 e. The molecular weight excluding hydrogens is 282 g/mol. The molecule has 0 unspecified atom stereocenters. The number of nitrogens with one attached hydrogen (secondary N) is 1. The SMILES string of the molecule is CNCCCCc1cc2c(cc1Br)OCCO2. The standard InChI is InChI=1S/C13H18BrNO2/c1-15-5-3-2-4-10-8-12-13(9-11(10)14)17-7-6-16-12/h8-9,15H,2-7H2,1H3. The zero-order chi connectivity index (χ0) is 12.1. The highest BCUT2D eigenvalue weighted by Gasteiger charge is 2.14. The predicted octanol–water partition coefficient (Wildman–Crippen LogP) is 2.76. The highest BCUT2D eigenvalue weighted by molar-refractivity contribution is 9.10. The van der Waals surface area contributed by atoms with Crippen molar-refractivity contribution >= 4 is 15.9 Å². The lowest BCUT2D eigenvalue weighted by atomic mass is 10.1. The Balaban J connectivity index is 2.01. The van der Waals surface area contributed by atoms with Gasteiger partial charge in [0.25, 0.3) is 0 Å². The number of unbranched alkanes of at least 4 members (excludes halogenated alkanes) is 1. The van der Waals surface area contributed by atoms with E-state index in [-0.39, 0.29) is 0 Å². The molecule has 0 bridgehead atoms. The number of halogens is 1. The molecule has 0 amide bonds. The summed E-state index contributed by atoms with van der Waals surface area (Å²) in [7, 11) is 1.99. The molecule has 1 aromatic carbocycles. The van der Waals surface area contributed by atoms with Crippen molar-refractivity contribution in [2.75, 3.05) is 26.8 Å². The van der Waals surface area contributed by atoms with Crippen LogP contribution in [0.2, 0.25) is 0 Å². The lowest BCUT2D eigenvalue weighted by Gasteiger charge is -2.20. The molecule has 1 N–H and O–H groups in total. The van der Waals surface area contributed by atoms with Crippen molar-refractivity contribution in [3.05, 3.63) is 22.2 Å². The Bertz CT molecular complexity index is 382. The summed E-state index contributed by atoms with van der Waals surface area (Å²) in [6.45, 7) is 2.36. The van der Waals surface area contributed by atoms with Crippen LogP contribution in [0.25, 0.3) is 0 Å². The first-order valence-corrected chi connectivity index (χ1v) is 6.83. The molecule has 0 saturated carbocycles. The van der Waals surface area contributed by atoms with E-state index in [1.54, 1.807) is 0 Å². The molecule has 1 aliphatic rings. The maximum Gasteiger partial charge on any atom is 0.162 e. The molecule has 0 fully saturated rings. The van der Waals surface area contributed by atoms with Gasteiger partial charge in [0.05, 0.1) is 0 Å². The number of rotatable bonds is 5. The van der Waals surface area contributed by atoms with Crippen molar-refractivity contribution in [3.63, 3.8) is 0 Å². The summed E-state index contributed by atoms with van der Waals surface area (Å²) < 4.78 is 12.2. The Morgan fingerprint density at radius 2 is 1.88 bits per heavy atom. The van der Waals surface area contributed by atoms with Crippen molar-refractivity contribution in [3.8, 4) is 11.5 Å². The van der Waals surface area contributed by atoms with Crippen molar-refractivity contribution in [1.29, 1.82) is 0 Å². The van der Waals surface area contributed by atoms with Crippen molar-refractivity contribution in [1.82, 2.24) is 5.32 Å². The zero-order valence-electron chi connectivity index (χ0n) is 10.1. The minimum atomic E-state index is 0.640. The maximum atomic E-state index is 5.59. The number of aryl methyl sites for hydroxylation is 1. The third-order valence-electron chi connectivity index (χ3n) is 2.83. The van der Waals surface area contributed by atoms with Gasteiger partial charge in [-0.3, -0.25) is 0 Å². The molecule has 4 heteroatoms. The molecule has 94 valence electrons. The Hall–Kier alpha value is -0.740. The van der Waals surface area contributed by atoms with Gasteiger partial charge in [-0.2, -0.15) is 0 Å². The van der Waals surface area contributed by atoms with E-state index >= 15 is 0 Å².